The van der Waals surface area contributed by atoms with Gasteiger partial charge in [0.15, 0.2) is 9.84 Å². The van der Waals surface area contributed by atoms with Gasteiger partial charge in [-0.05, 0) is 29.8 Å². The summed E-state index contributed by atoms with van der Waals surface area (Å²) in [5, 5.41) is 8.30. The Kier molecular flexibility index (Phi) is 4.24. The summed E-state index contributed by atoms with van der Waals surface area (Å²) in [4.78, 5) is 14.3. The maximum atomic E-state index is 13.6. The van der Waals surface area contributed by atoms with Crippen molar-refractivity contribution in [3.63, 3.8) is 0 Å². The fourth-order valence-corrected chi connectivity index (χ4v) is 3.25. The maximum absolute atomic E-state index is 13.6. The van der Waals surface area contributed by atoms with E-state index in [1.54, 1.807) is 0 Å². The van der Waals surface area contributed by atoms with E-state index in [4.69, 9.17) is 16.7 Å². The molecule has 0 radical (unpaired) electrons. The van der Waals surface area contributed by atoms with E-state index in [9.17, 15) is 17.6 Å². The summed E-state index contributed by atoms with van der Waals surface area (Å²) in [6, 6.07) is 4.57. The summed E-state index contributed by atoms with van der Waals surface area (Å²) < 4.78 is 38.0. The highest BCUT2D eigenvalue weighted by Crippen LogP contribution is 2.26. The molecule has 1 N–H and O–H groups in total. The topological polar surface area (TPSA) is 84.3 Å². The lowest BCUT2D eigenvalue weighted by molar-refractivity contribution is 0.0696. The minimum atomic E-state index is -3.90. The third-order valence-electron chi connectivity index (χ3n) is 2.70. The molecule has 0 bridgehead atoms. The van der Waals surface area contributed by atoms with E-state index in [0.29, 0.717) is 11.6 Å². The van der Waals surface area contributed by atoms with Crippen LogP contribution in [0, 0.1) is 5.82 Å². The van der Waals surface area contributed by atoms with Gasteiger partial charge < -0.3 is 5.11 Å². The molecule has 0 saturated carbocycles. The van der Waals surface area contributed by atoms with Crippen LogP contribution < -0.4 is 0 Å². The summed E-state index contributed by atoms with van der Waals surface area (Å²) in [5.74, 6) is -2.99. The Balaban J connectivity index is 2.48. The molecule has 0 aliphatic rings. The van der Waals surface area contributed by atoms with Gasteiger partial charge in [-0.2, -0.15) is 0 Å². The Bertz CT molecular complexity index is 793. The molecule has 0 saturated heterocycles. The van der Waals surface area contributed by atoms with Crippen molar-refractivity contribution in [3.8, 4) is 0 Å². The largest absolute Gasteiger partial charge is 0.478 e. The molecule has 1 aromatic heterocycles. The van der Waals surface area contributed by atoms with E-state index in [2.05, 4.69) is 4.98 Å². The molecule has 1 heterocycles. The number of hydrogen-bond donors (Lipinski definition) is 1. The lowest BCUT2D eigenvalue weighted by atomic mass is 10.2. The zero-order chi connectivity index (χ0) is 15.6. The van der Waals surface area contributed by atoms with Crippen LogP contribution in [0.25, 0.3) is 0 Å². The SMILES string of the molecule is O=C(O)c1cc(S(=O)(=O)Cc2ccncc2)cc(F)c1Cl. The Morgan fingerprint density at radius 2 is 1.90 bits per heavy atom. The van der Waals surface area contributed by atoms with Gasteiger partial charge in [-0.15, -0.1) is 0 Å². The van der Waals surface area contributed by atoms with Gasteiger partial charge in [0.25, 0.3) is 0 Å². The number of nitrogens with zero attached hydrogens (tertiary/aromatic N) is 1. The summed E-state index contributed by atoms with van der Waals surface area (Å²) in [6.45, 7) is 0. The molecule has 8 heteroatoms. The minimum absolute atomic E-state index is 0.393. The highest BCUT2D eigenvalue weighted by molar-refractivity contribution is 7.90. The fraction of sp³-hybridized carbons (Fsp3) is 0.0769. The first-order chi connectivity index (χ1) is 9.81. The maximum Gasteiger partial charge on any atom is 0.337 e. The first-order valence-electron chi connectivity index (χ1n) is 5.65. The van der Waals surface area contributed by atoms with E-state index in [-0.39, 0.29) is 0 Å². The highest BCUT2D eigenvalue weighted by Gasteiger charge is 2.22. The van der Waals surface area contributed by atoms with E-state index in [1.807, 2.05) is 0 Å². The Morgan fingerprint density at radius 3 is 2.48 bits per heavy atom. The van der Waals surface area contributed by atoms with E-state index >= 15 is 0 Å². The van der Waals surface area contributed by atoms with Crippen LogP contribution in [0.5, 0.6) is 0 Å². The third kappa shape index (κ3) is 3.37. The van der Waals surface area contributed by atoms with Gasteiger partial charge in [-0.25, -0.2) is 17.6 Å². The van der Waals surface area contributed by atoms with Crippen LogP contribution in [0.1, 0.15) is 15.9 Å². The van der Waals surface area contributed by atoms with Gasteiger partial charge in [0.1, 0.15) is 5.82 Å². The molecule has 0 atom stereocenters. The molecule has 0 fully saturated rings. The number of pyridine rings is 1. The molecule has 0 aliphatic carbocycles. The molecule has 2 aromatic rings. The first-order valence-corrected chi connectivity index (χ1v) is 7.68. The van der Waals surface area contributed by atoms with E-state index in [0.717, 1.165) is 6.07 Å². The molecule has 5 nitrogen and oxygen atoms in total. The van der Waals surface area contributed by atoms with Crippen LogP contribution in [0.2, 0.25) is 5.02 Å². The normalized spacial score (nSPS) is 11.3. The van der Waals surface area contributed by atoms with Crippen molar-refractivity contribution in [2.24, 2.45) is 0 Å². The second kappa shape index (κ2) is 5.79. The molecule has 1 aromatic carbocycles. The summed E-state index contributed by atoms with van der Waals surface area (Å²) >= 11 is 5.51. The van der Waals surface area contributed by atoms with E-state index < -0.39 is 42.9 Å². The number of carboxylic acids is 1. The van der Waals surface area contributed by atoms with Gasteiger partial charge in [-0.1, -0.05) is 11.6 Å². The van der Waals surface area contributed by atoms with Crippen LogP contribution in [-0.2, 0) is 15.6 Å². The van der Waals surface area contributed by atoms with Crippen LogP contribution in [0.4, 0.5) is 4.39 Å². The molecule has 2 rings (SSSR count). The van der Waals surface area contributed by atoms with Crippen molar-refractivity contribution in [1.29, 1.82) is 0 Å². The van der Waals surface area contributed by atoms with E-state index in [1.165, 1.54) is 24.5 Å². The number of halogens is 2. The molecule has 0 aliphatic heterocycles. The number of rotatable bonds is 4. The van der Waals surface area contributed by atoms with Crippen LogP contribution in [-0.4, -0.2) is 24.5 Å². The average molecular weight is 330 g/mol. The number of carbonyl (C=O) groups is 1. The number of benzene rings is 1. The molecule has 0 spiro atoms. The van der Waals surface area contributed by atoms with Crippen molar-refractivity contribution < 1.29 is 22.7 Å². The van der Waals surface area contributed by atoms with Gasteiger partial charge in [-0.3, -0.25) is 4.98 Å². The predicted octanol–water partition coefficient (Wildman–Crippen LogP) is 2.55. The average Bonchev–Trinajstić information content (AvgIpc) is 2.41. The quantitative estimate of drug-likeness (QED) is 0.931. The lowest BCUT2D eigenvalue weighted by Crippen LogP contribution is -2.08. The van der Waals surface area contributed by atoms with Crippen molar-refractivity contribution in [2.75, 3.05) is 0 Å². The van der Waals surface area contributed by atoms with Gasteiger partial charge in [0.2, 0.25) is 0 Å². The van der Waals surface area contributed by atoms with Crippen LogP contribution >= 0.6 is 11.6 Å². The molecule has 0 unspecified atom stereocenters. The van der Waals surface area contributed by atoms with Gasteiger partial charge in [0.05, 0.1) is 21.2 Å². The minimum Gasteiger partial charge on any atom is -0.478 e. The molecule has 0 amide bonds. The molecule has 110 valence electrons. The van der Waals surface area contributed by atoms with Gasteiger partial charge in [0, 0.05) is 12.4 Å². The fourth-order valence-electron chi connectivity index (χ4n) is 1.68. The number of aromatic nitrogens is 1. The summed E-state index contributed by atoms with van der Waals surface area (Å²) in [7, 11) is -3.90. The molecular weight excluding hydrogens is 321 g/mol. The Hall–Kier alpha value is -1.99. The first kappa shape index (κ1) is 15.4. The van der Waals surface area contributed by atoms with Crippen LogP contribution in [0.3, 0.4) is 0 Å². The monoisotopic (exact) mass is 329 g/mol. The zero-order valence-electron chi connectivity index (χ0n) is 10.5. The van der Waals surface area contributed by atoms with Crippen LogP contribution in [0.15, 0.2) is 41.6 Å². The summed E-state index contributed by atoms with van der Waals surface area (Å²) in [5.41, 5.74) is -0.137. The molecular formula is C13H9ClFNO4S. The second-order valence-corrected chi connectivity index (χ2v) is 6.55. The van der Waals surface area contributed by atoms with Crippen molar-refractivity contribution in [2.45, 2.75) is 10.6 Å². The smallest absolute Gasteiger partial charge is 0.337 e. The highest BCUT2D eigenvalue weighted by atomic mass is 35.5. The standard InChI is InChI=1S/C13H9ClFNO4S/c14-12-10(13(17)18)5-9(6-11(12)15)21(19,20)7-8-1-3-16-4-2-8/h1-6H,7H2,(H,17,18). The second-order valence-electron chi connectivity index (χ2n) is 4.19. The number of carboxylic acid groups (broad SMARTS) is 1. The summed E-state index contributed by atoms with van der Waals surface area (Å²) in [6.07, 6.45) is 2.85. The number of sulfone groups is 1. The molecule has 21 heavy (non-hydrogen) atoms. The predicted molar refractivity (Wildman–Crippen MR) is 73.5 cm³/mol. The van der Waals surface area contributed by atoms with Crippen molar-refractivity contribution >= 4 is 27.4 Å². The lowest BCUT2D eigenvalue weighted by Gasteiger charge is -2.07. The zero-order valence-corrected chi connectivity index (χ0v) is 12.0. The number of aromatic carboxylic acids is 1. The van der Waals surface area contributed by atoms with Crippen molar-refractivity contribution in [1.82, 2.24) is 4.98 Å². The number of hydrogen-bond acceptors (Lipinski definition) is 4. The third-order valence-corrected chi connectivity index (χ3v) is 4.75. The van der Waals surface area contributed by atoms with Crippen molar-refractivity contribution in [3.05, 3.63) is 58.6 Å². The Labute approximate surface area is 124 Å². The van der Waals surface area contributed by atoms with Gasteiger partial charge >= 0.3 is 5.97 Å². The Morgan fingerprint density at radius 1 is 1.29 bits per heavy atom.